The van der Waals surface area contributed by atoms with Crippen LogP contribution in [0.1, 0.15) is 10.4 Å². The number of benzene rings is 2. The van der Waals surface area contributed by atoms with E-state index in [2.05, 4.69) is 15.9 Å². The predicted octanol–water partition coefficient (Wildman–Crippen LogP) is 4.26. The van der Waals surface area contributed by atoms with E-state index in [0.29, 0.717) is 27.6 Å². The van der Waals surface area contributed by atoms with E-state index >= 15 is 0 Å². The van der Waals surface area contributed by atoms with Gasteiger partial charge in [0.15, 0.2) is 0 Å². The van der Waals surface area contributed by atoms with Gasteiger partial charge >= 0.3 is 5.97 Å². The maximum absolute atomic E-state index is 10.9. The molecule has 0 saturated heterocycles. The van der Waals surface area contributed by atoms with Crippen LogP contribution in [0.2, 0.25) is 5.02 Å². The van der Waals surface area contributed by atoms with Crippen molar-refractivity contribution in [2.75, 3.05) is 13.2 Å². The van der Waals surface area contributed by atoms with Gasteiger partial charge in [0.1, 0.15) is 24.7 Å². The number of ether oxygens (including phenoxy) is 2. The Balaban J connectivity index is 1.88. The van der Waals surface area contributed by atoms with Crippen LogP contribution in [0, 0.1) is 0 Å². The van der Waals surface area contributed by atoms with Crippen molar-refractivity contribution in [1.82, 2.24) is 0 Å². The third-order valence-electron chi connectivity index (χ3n) is 2.58. The average molecular weight is 372 g/mol. The highest BCUT2D eigenvalue weighted by Crippen LogP contribution is 2.26. The number of carboxylic acid groups (broad SMARTS) is 1. The zero-order valence-electron chi connectivity index (χ0n) is 10.9. The van der Waals surface area contributed by atoms with E-state index in [1.807, 2.05) is 0 Å². The SMILES string of the molecule is O=C(O)c1ccc(Br)c(OCCOc2cccc(Cl)c2)c1. The summed E-state index contributed by atoms with van der Waals surface area (Å²) in [6.07, 6.45) is 0. The molecule has 0 atom stereocenters. The lowest BCUT2D eigenvalue weighted by Gasteiger charge is -2.10. The Bertz CT molecular complexity index is 645. The molecule has 110 valence electrons. The lowest BCUT2D eigenvalue weighted by atomic mass is 10.2. The van der Waals surface area contributed by atoms with Crippen LogP contribution < -0.4 is 9.47 Å². The van der Waals surface area contributed by atoms with Crippen molar-refractivity contribution in [3.8, 4) is 11.5 Å². The first-order chi connectivity index (χ1) is 10.1. The van der Waals surface area contributed by atoms with Gasteiger partial charge in [-0.25, -0.2) is 4.79 Å². The molecule has 0 aromatic heterocycles. The minimum atomic E-state index is -0.998. The summed E-state index contributed by atoms with van der Waals surface area (Å²) in [5.41, 5.74) is 0.170. The van der Waals surface area contributed by atoms with Crippen LogP contribution in [0.4, 0.5) is 0 Å². The predicted molar refractivity (Wildman–Crippen MR) is 83.5 cm³/mol. The molecular formula is C15H12BrClO4. The summed E-state index contributed by atoms with van der Waals surface area (Å²) in [6, 6.07) is 11.7. The maximum atomic E-state index is 10.9. The summed E-state index contributed by atoms with van der Waals surface area (Å²) in [5.74, 6) is 0.122. The Labute approximate surface area is 135 Å². The molecule has 0 bridgehead atoms. The molecule has 2 aromatic rings. The minimum Gasteiger partial charge on any atom is -0.490 e. The second kappa shape index (κ2) is 7.33. The molecule has 0 radical (unpaired) electrons. The number of halogens is 2. The molecule has 4 nitrogen and oxygen atoms in total. The van der Waals surface area contributed by atoms with Gasteiger partial charge in [0.05, 0.1) is 10.0 Å². The second-order valence-electron chi connectivity index (χ2n) is 4.10. The molecule has 2 rings (SSSR count). The van der Waals surface area contributed by atoms with Crippen molar-refractivity contribution in [2.45, 2.75) is 0 Å². The van der Waals surface area contributed by atoms with Crippen LogP contribution in [0.3, 0.4) is 0 Å². The summed E-state index contributed by atoms with van der Waals surface area (Å²) in [7, 11) is 0. The lowest BCUT2D eigenvalue weighted by Crippen LogP contribution is -2.09. The minimum absolute atomic E-state index is 0.170. The van der Waals surface area contributed by atoms with Gasteiger partial charge in [-0.1, -0.05) is 17.7 Å². The van der Waals surface area contributed by atoms with Gasteiger partial charge in [0.2, 0.25) is 0 Å². The van der Waals surface area contributed by atoms with Gasteiger partial charge in [-0.3, -0.25) is 0 Å². The van der Waals surface area contributed by atoms with Crippen molar-refractivity contribution in [2.24, 2.45) is 0 Å². The van der Waals surface area contributed by atoms with Gasteiger partial charge in [-0.15, -0.1) is 0 Å². The summed E-state index contributed by atoms with van der Waals surface area (Å²) in [5, 5.41) is 9.54. The first-order valence-electron chi connectivity index (χ1n) is 6.10. The molecule has 0 unspecified atom stereocenters. The number of rotatable bonds is 6. The van der Waals surface area contributed by atoms with Crippen LogP contribution in [0.25, 0.3) is 0 Å². The average Bonchev–Trinajstić information content (AvgIpc) is 2.45. The standard InChI is InChI=1S/C15H12BrClO4/c16-13-5-4-10(15(18)19)8-14(13)21-7-6-20-12-3-1-2-11(17)9-12/h1-5,8-9H,6-7H2,(H,18,19). The Kier molecular flexibility index (Phi) is 5.47. The monoisotopic (exact) mass is 370 g/mol. The highest BCUT2D eigenvalue weighted by atomic mass is 79.9. The van der Waals surface area contributed by atoms with Crippen LogP contribution in [0.5, 0.6) is 11.5 Å². The van der Waals surface area contributed by atoms with E-state index in [0.717, 1.165) is 0 Å². The van der Waals surface area contributed by atoms with Gasteiger partial charge in [-0.2, -0.15) is 0 Å². The van der Waals surface area contributed by atoms with E-state index in [1.54, 1.807) is 30.3 Å². The van der Waals surface area contributed by atoms with Gasteiger partial charge < -0.3 is 14.6 Å². The third-order valence-corrected chi connectivity index (χ3v) is 3.47. The fourth-order valence-corrected chi connectivity index (χ4v) is 2.16. The first-order valence-corrected chi connectivity index (χ1v) is 7.27. The quantitative estimate of drug-likeness (QED) is 0.771. The number of carbonyl (C=O) groups is 1. The van der Waals surface area contributed by atoms with E-state index in [9.17, 15) is 4.79 Å². The topological polar surface area (TPSA) is 55.8 Å². The van der Waals surface area contributed by atoms with Crippen LogP contribution >= 0.6 is 27.5 Å². The molecule has 0 aliphatic heterocycles. The summed E-state index contributed by atoms with van der Waals surface area (Å²) >= 11 is 9.16. The third kappa shape index (κ3) is 4.65. The Morgan fingerprint density at radius 3 is 2.62 bits per heavy atom. The zero-order valence-corrected chi connectivity index (χ0v) is 13.2. The molecule has 1 N–H and O–H groups in total. The van der Waals surface area contributed by atoms with Crippen LogP contribution in [0.15, 0.2) is 46.9 Å². The Hall–Kier alpha value is -1.72. The highest BCUT2D eigenvalue weighted by Gasteiger charge is 2.08. The molecule has 0 aliphatic rings. The number of hydrogen-bond acceptors (Lipinski definition) is 3. The van der Waals surface area contributed by atoms with E-state index in [-0.39, 0.29) is 12.2 Å². The van der Waals surface area contributed by atoms with E-state index in [1.165, 1.54) is 12.1 Å². The number of aromatic carboxylic acids is 1. The van der Waals surface area contributed by atoms with E-state index < -0.39 is 5.97 Å². The lowest BCUT2D eigenvalue weighted by molar-refractivity contribution is 0.0696. The molecule has 0 aliphatic carbocycles. The highest BCUT2D eigenvalue weighted by molar-refractivity contribution is 9.10. The van der Waals surface area contributed by atoms with Gasteiger partial charge in [-0.05, 0) is 52.3 Å². The van der Waals surface area contributed by atoms with Crippen LogP contribution in [-0.4, -0.2) is 24.3 Å². The molecular weight excluding hydrogens is 360 g/mol. The largest absolute Gasteiger partial charge is 0.490 e. The van der Waals surface area contributed by atoms with Gasteiger partial charge in [0.25, 0.3) is 0 Å². The summed E-state index contributed by atoms with van der Waals surface area (Å²) < 4.78 is 11.7. The molecule has 0 heterocycles. The molecule has 0 amide bonds. The summed E-state index contributed by atoms with van der Waals surface area (Å²) in [4.78, 5) is 10.9. The summed E-state index contributed by atoms with van der Waals surface area (Å²) in [6.45, 7) is 0.609. The molecule has 2 aromatic carbocycles. The molecule has 21 heavy (non-hydrogen) atoms. The fraction of sp³-hybridized carbons (Fsp3) is 0.133. The zero-order chi connectivity index (χ0) is 15.2. The Morgan fingerprint density at radius 2 is 1.90 bits per heavy atom. The van der Waals surface area contributed by atoms with Gasteiger partial charge in [0, 0.05) is 5.02 Å². The number of carboxylic acids is 1. The molecule has 0 saturated carbocycles. The smallest absolute Gasteiger partial charge is 0.335 e. The Morgan fingerprint density at radius 1 is 1.14 bits per heavy atom. The van der Waals surface area contributed by atoms with E-state index in [4.69, 9.17) is 26.2 Å². The van der Waals surface area contributed by atoms with Crippen molar-refractivity contribution >= 4 is 33.5 Å². The van der Waals surface area contributed by atoms with Crippen molar-refractivity contribution in [3.63, 3.8) is 0 Å². The van der Waals surface area contributed by atoms with Crippen molar-refractivity contribution in [3.05, 3.63) is 57.5 Å². The fourth-order valence-electron chi connectivity index (χ4n) is 1.61. The first kappa shape index (κ1) is 15.7. The number of hydrogen-bond donors (Lipinski definition) is 1. The van der Waals surface area contributed by atoms with Crippen molar-refractivity contribution in [1.29, 1.82) is 0 Å². The van der Waals surface area contributed by atoms with Crippen molar-refractivity contribution < 1.29 is 19.4 Å². The molecule has 0 spiro atoms. The maximum Gasteiger partial charge on any atom is 0.335 e. The van der Waals surface area contributed by atoms with Crippen LogP contribution in [-0.2, 0) is 0 Å². The molecule has 6 heteroatoms. The molecule has 0 fully saturated rings. The normalized spacial score (nSPS) is 10.2. The second-order valence-corrected chi connectivity index (χ2v) is 5.40.